The van der Waals surface area contributed by atoms with Crippen LogP contribution in [0.1, 0.15) is 37.8 Å². The van der Waals surface area contributed by atoms with Gasteiger partial charge < -0.3 is 10.2 Å². The topological polar surface area (TPSA) is 60.8 Å². The first kappa shape index (κ1) is 20.1. The van der Waals surface area contributed by atoms with Crippen molar-refractivity contribution < 1.29 is 15.0 Å². The van der Waals surface area contributed by atoms with E-state index in [0.717, 1.165) is 17.5 Å². The summed E-state index contributed by atoms with van der Waals surface area (Å²) in [6.07, 6.45) is -0.272. The number of hydrogen-bond donors (Lipinski definition) is 2. The number of nitrogens with zero attached hydrogens (tertiary/aromatic N) is 1. The molecule has 140 valence electrons. The maximum absolute atomic E-state index is 11.2. The van der Waals surface area contributed by atoms with Gasteiger partial charge in [0.2, 0.25) is 0 Å². The van der Waals surface area contributed by atoms with Gasteiger partial charge in [-0.15, -0.1) is 0 Å². The summed E-state index contributed by atoms with van der Waals surface area (Å²) in [6.45, 7) is 5.50. The molecule has 3 atom stereocenters. The highest BCUT2D eigenvalue weighted by atomic mass is 16.4. The van der Waals surface area contributed by atoms with Gasteiger partial charge in [-0.3, -0.25) is 9.69 Å². The van der Waals surface area contributed by atoms with Gasteiger partial charge >= 0.3 is 5.97 Å². The molecule has 0 fully saturated rings. The first-order valence-electron chi connectivity index (χ1n) is 9.23. The van der Waals surface area contributed by atoms with Crippen LogP contribution < -0.4 is 0 Å². The maximum atomic E-state index is 11.2. The Hall–Kier alpha value is -2.17. The van der Waals surface area contributed by atoms with Crippen molar-refractivity contribution in [2.45, 2.75) is 51.9 Å². The van der Waals surface area contributed by atoms with Crippen molar-refractivity contribution >= 4 is 5.97 Å². The molecule has 0 saturated heterocycles. The van der Waals surface area contributed by atoms with Crippen LogP contribution in [0.5, 0.6) is 0 Å². The molecule has 0 aromatic heterocycles. The summed E-state index contributed by atoms with van der Waals surface area (Å²) in [4.78, 5) is 13.4. The van der Waals surface area contributed by atoms with E-state index in [0.29, 0.717) is 13.1 Å². The summed E-state index contributed by atoms with van der Waals surface area (Å²) in [5, 5.41) is 19.9. The molecule has 0 amide bonds. The third-order valence-electron chi connectivity index (χ3n) is 4.88. The number of carboxylic acids is 1. The molecule has 0 unspecified atom stereocenters. The van der Waals surface area contributed by atoms with Gasteiger partial charge in [-0.25, -0.2) is 0 Å². The molecule has 0 bridgehead atoms. The Balaban J connectivity index is 2.31. The van der Waals surface area contributed by atoms with E-state index in [2.05, 4.69) is 43.0 Å². The summed E-state index contributed by atoms with van der Waals surface area (Å²) in [7, 11) is 0. The summed E-state index contributed by atoms with van der Waals surface area (Å²) < 4.78 is 0. The molecule has 0 aliphatic carbocycles. The van der Waals surface area contributed by atoms with E-state index in [-0.39, 0.29) is 18.4 Å². The number of carbonyl (C=O) groups is 1. The number of aliphatic carboxylic acids is 1. The molecule has 0 spiro atoms. The Morgan fingerprint density at radius 2 is 1.42 bits per heavy atom. The largest absolute Gasteiger partial charge is 0.481 e. The molecule has 2 rings (SSSR count). The number of aliphatic hydroxyl groups is 1. The Morgan fingerprint density at radius 3 is 1.81 bits per heavy atom. The third-order valence-corrected chi connectivity index (χ3v) is 4.88. The third kappa shape index (κ3) is 5.97. The van der Waals surface area contributed by atoms with Crippen molar-refractivity contribution in [3.8, 4) is 0 Å². The van der Waals surface area contributed by atoms with Crippen molar-refractivity contribution in [3.63, 3.8) is 0 Å². The molecule has 0 radical (unpaired) electrons. The quantitative estimate of drug-likeness (QED) is 0.678. The van der Waals surface area contributed by atoms with E-state index in [1.165, 1.54) is 0 Å². The van der Waals surface area contributed by atoms with E-state index in [1.807, 2.05) is 36.4 Å². The Labute approximate surface area is 156 Å². The van der Waals surface area contributed by atoms with E-state index >= 15 is 0 Å². The van der Waals surface area contributed by atoms with Gasteiger partial charge in [0.1, 0.15) is 0 Å². The Kier molecular flexibility index (Phi) is 7.82. The molecule has 0 aliphatic heterocycles. The van der Waals surface area contributed by atoms with Gasteiger partial charge in [0.25, 0.3) is 0 Å². The van der Waals surface area contributed by atoms with Crippen molar-refractivity contribution in [1.29, 1.82) is 0 Å². The Morgan fingerprint density at radius 1 is 0.962 bits per heavy atom. The van der Waals surface area contributed by atoms with Crippen LogP contribution in [0.3, 0.4) is 0 Å². The van der Waals surface area contributed by atoms with Crippen molar-refractivity contribution in [1.82, 2.24) is 4.90 Å². The van der Waals surface area contributed by atoms with Gasteiger partial charge in [0.05, 0.1) is 12.5 Å². The fourth-order valence-corrected chi connectivity index (χ4v) is 3.43. The minimum atomic E-state index is -0.967. The molecule has 2 aromatic carbocycles. The zero-order valence-electron chi connectivity index (χ0n) is 15.6. The van der Waals surface area contributed by atoms with Crippen LogP contribution in [0.4, 0.5) is 0 Å². The number of benzene rings is 2. The van der Waals surface area contributed by atoms with Crippen molar-refractivity contribution in [3.05, 3.63) is 71.8 Å². The summed E-state index contributed by atoms with van der Waals surface area (Å²) in [5.41, 5.74) is 2.30. The second-order valence-electron chi connectivity index (χ2n) is 6.92. The van der Waals surface area contributed by atoms with Gasteiger partial charge in [0.15, 0.2) is 0 Å². The average Bonchev–Trinajstić information content (AvgIpc) is 2.62. The molecule has 26 heavy (non-hydrogen) atoms. The number of carboxylic acid groups (broad SMARTS) is 1. The lowest BCUT2D eigenvalue weighted by Crippen LogP contribution is -2.47. The zero-order valence-corrected chi connectivity index (χ0v) is 15.6. The van der Waals surface area contributed by atoms with Crippen LogP contribution in [0, 0.1) is 5.92 Å². The molecule has 0 saturated carbocycles. The SMILES string of the molecule is CC[C@H](C)[C@@H]([C@@H](O)CC(=O)O)N(Cc1ccccc1)Cc1ccccc1. The molecule has 4 heteroatoms. The average molecular weight is 355 g/mol. The minimum absolute atomic E-state index is 0.178. The molecular formula is C22H29NO3. The van der Waals surface area contributed by atoms with Crippen molar-refractivity contribution in [2.75, 3.05) is 0 Å². The fraction of sp³-hybridized carbons (Fsp3) is 0.409. The maximum Gasteiger partial charge on any atom is 0.306 e. The lowest BCUT2D eigenvalue weighted by molar-refractivity contribution is -0.140. The number of hydrogen-bond acceptors (Lipinski definition) is 3. The van der Waals surface area contributed by atoms with Crippen LogP contribution in [-0.4, -0.2) is 33.2 Å². The monoisotopic (exact) mass is 355 g/mol. The fourth-order valence-electron chi connectivity index (χ4n) is 3.43. The van der Waals surface area contributed by atoms with Crippen LogP contribution in [0.2, 0.25) is 0 Å². The predicted octanol–water partition coefficient (Wildman–Crippen LogP) is 3.94. The van der Waals surface area contributed by atoms with Gasteiger partial charge in [-0.2, -0.15) is 0 Å². The molecule has 4 nitrogen and oxygen atoms in total. The van der Waals surface area contributed by atoms with Crippen molar-refractivity contribution in [2.24, 2.45) is 5.92 Å². The lowest BCUT2D eigenvalue weighted by Gasteiger charge is -2.38. The van der Waals surface area contributed by atoms with Crippen LogP contribution >= 0.6 is 0 Å². The van der Waals surface area contributed by atoms with Gasteiger partial charge in [-0.05, 0) is 17.0 Å². The summed E-state index contributed by atoms with van der Waals surface area (Å²) in [6, 6.07) is 20.0. The van der Waals surface area contributed by atoms with Crippen LogP contribution in [0.15, 0.2) is 60.7 Å². The normalized spacial score (nSPS) is 14.8. The minimum Gasteiger partial charge on any atom is -0.481 e. The Bertz CT molecular complexity index is 618. The molecule has 2 aromatic rings. The van der Waals surface area contributed by atoms with Crippen LogP contribution in [-0.2, 0) is 17.9 Å². The highest BCUT2D eigenvalue weighted by Crippen LogP contribution is 2.24. The first-order valence-corrected chi connectivity index (χ1v) is 9.23. The highest BCUT2D eigenvalue weighted by Gasteiger charge is 2.31. The van der Waals surface area contributed by atoms with Gasteiger partial charge in [0, 0.05) is 19.1 Å². The zero-order chi connectivity index (χ0) is 18.9. The smallest absolute Gasteiger partial charge is 0.306 e. The second kappa shape index (κ2) is 10.1. The number of aliphatic hydroxyl groups excluding tert-OH is 1. The van der Waals surface area contributed by atoms with E-state index in [1.54, 1.807) is 0 Å². The first-order chi connectivity index (χ1) is 12.5. The highest BCUT2D eigenvalue weighted by molar-refractivity contribution is 5.67. The lowest BCUT2D eigenvalue weighted by atomic mass is 9.90. The molecule has 0 aliphatic rings. The summed E-state index contributed by atoms with van der Waals surface area (Å²) >= 11 is 0. The van der Waals surface area contributed by atoms with E-state index in [4.69, 9.17) is 0 Å². The summed E-state index contributed by atoms with van der Waals surface area (Å²) in [5.74, 6) is -0.790. The van der Waals surface area contributed by atoms with E-state index < -0.39 is 12.1 Å². The second-order valence-corrected chi connectivity index (χ2v) is 6.92. The van der Waals surface area contributed by atoms with E-state index in [9.17, 15) is 15.0 Å². The molecule has 2 N–H and O–H groups in total. The number of rotatable bonds is 10. The standard InChI is InChI=1S/C22H29NO3/c1-3-17(2)22(20(24)14-21(25)26)23(15-18-10-6-4-7-11-18)16-19-12-8-5-9-13-19/h4-13,17,20,22,24H,3,14-16H2,1-2H3,(H,25,26)/t17-,20-,22-/m0/s1. The van der Waals surface area contributed by atoms with Crippen LogP contribution in [0.25, 0.3) is 0 Å². The molecular weight excluding hydrogens is 326 g/mol. The molecule has 0 heterocycles. The van der Waals surface area contributed by atoms with Gasteiger partial charge in [-0.1, -0.05) is 80.9 Å². The predicted molar refractivity (Wildman–Crippen MR) is 104 cm³/mol.